The molecule has 0 saturated carbocycles. The molecule has 0 saturated heterocycles. The zero-order valence-electron chi connectivity index (χ0n) is 10.5. The van der Waals surface area contributed by atoms with E-state index >= 15 is 0 Å². The summed E-state index contributed by atoms with van der Waals surface area (Å²) in [6, 6.07) is 7.22. The van der Waals surface area contributed by atoms with Crippen molar-refractivity contribution >= 4 is 5.97 Å². The van der Waals surface area contributed by atoms with Gasteiger partial charge in [0.2, 0.25) is 0 Å². The Bertz CT molecular complexity index is 361. The van der Waals surface area contributed by atoms with Crippen LogP contribution in [0.2, 0.25) is 0 Å². The predicted molar refractivity (Wildman–Crippen MR) is 66.2 cm³/mol. The predicted octanol–water partition coefficient (Wildman–Crippen LogP) is 1.99. The van der Waals surface area contributed by atoms with Gasteiger partial charge in [0.15, 0.2) is 0 Å². The molecule has 1 N–H and O–H groups in total. The van der Waals surface area contributed by atoms with Gasteiger partial charge in [-0.15, -0.1) is 0 Å². The van der Waals surface area contributed by atoms with Crippen LogP contribution in [0.1, 0.15) is 18.9 Å². The zero-order valence-corrected chi connectivity index (χ0v) is 10.5. The lowest BCUT2D eigenvalue weighted by molar-refractivity contribution is -0.143. The van der Waals surface area contributed by atoms with E-state index in [4.69, 9.17) is 9.84 Å². The first kappa shape index (κ1) is 13.5. The number of methoxy groups -OCH3 is 1. The summed E-state index contributed by atoms with van der Waals surface area (Å²) >= 11 is 0. The van der Waals surface area contributed by atoms with E-state index in [1.54, 1.807) is 7.11 Å². The maximum absolute atomic E-state index is 11.0. The van der Waals surface area contributed by atoms with Gasteiger partial charge in [0.25, 0.3) is 0 Å². The molecule has 0 aliphatic rings. The van der Waals surface area contributed by atoms with Gasteiger partial charge in [0.05, 0.1) is 7.11 Å². The van der Waals surface area contributed by atoms with Crippen molar-refractivity contribution in [1.82, 2.24) is 4.90 Å². The standard InChI is InChI=1S/C13H19NO3/c1-4-12(13(15)16)14(2)9-10-5-7-11(17-3)8-6-10/h5-8,12H,4,9H2,1-3H3,(H,15,16). The molecular weight excluding hydrogens is 218 g/mol. The smallest absolute Gasteiger partial charge is 0.320 e. The van der Waals surface area contributed by atoms with Crippen molar-refractivity contribution in [1.29, 1.82) is 0 Å². The number of hydrogen-bond acceptors (Lipinski definition) is 3. The summed E-state index contributed by atoms with van der Waals surface area (Å²) in [4.78, 5) is 12.8. The van der Waals surface area contributed by atoms with Crippen molar-refractivity contribution in [2.45, 2.75) is 25.9 Å². The van der Waals surface area contributed by atoms with Crippen LogP contribution in [0.4, 0.5) is 0 Å². The van der Waals surface area contributed by atoms with E-state index in [9.17, 15) is 4.79 Å². The Kier molecular flexibility index (Phi) is 4.97. The molecule has 1 rings (SSSR count). The molecular formula is C13H19NO3. The van der Waals surface area contributed by atoms with Crippen LogP contribution in [0.25, 0.3) is 0 Å². The van der Waals surface area contributed by atoms with Crippen LogP contribution >= 0.6 is 0 Å². The Morgan fingerprint density at radius 2 is 2.00 bits per heavy atom. The molecule has 0 bridgehead atoms. The highest BCUT2D eigenvalue weighted by Crippen LogP contribution is 2.14. The highest BCUT2D eigenvalue weighted by Gasteiger charge is 2.20. The molecule has 1 unspecified atom stereocenters. The molecule has 4 nitrogen and oxygen atoms in total. The Morgan fingerprint density at radius 3 is 2.41 bits per heavy atom. The summed E-state index contributed by atoms with van der Waals surface area (Å²) in [5.74, 6) is 0.0326. The van der Waals surface area contributed by atoms with E-state index in [1.807, 2.05) is 43.1 Å². The Balaban J connectivity index is 2.66. The number of aliphatic carboxylic acids is 1. The minimum atomic E-state index is -0.775. The zero-order chi connectivity index (χ0) is 12.8. The quantitative estimate of drug-likeness (QED) is 0.822. The SMILES string of the molecule is CCC(C(=O)O)N(C)Cc1ccc(OC)cc1. The fourth-order valence-corrected chi connectivity index (χ4v) is 1.80. The van der Waals surface area contributed by atoms with Gasteiger partial charge >= 0.3 is 5.97 Å². The third kappa shape index (κ3) is 3.75. The molecule has 1 aromatic rings. The van der Waals surface area contributed by atoms with Gasteiger partial charge in [0.1, 0.15) is 11.8 Å². The van der Waals surface area contributed by atoms with Gasteiger partial charge in [-0.05, 0) is 31.2 Å². The van der Waals surface area contributed by atoms with Crippen LogP contribution in [-0.4, -0.2) is 36.2 Å². The lowest BCUT2D eigenvalue weighted by Crippen LogP contribution is -2.37. The van der Waals surface area contributed by atoms with Crippen molar-refractivity contribution < 1.29 is 14.6 Å². The molecule has 0 amide bonds. The number of ether oxygens (including phenoxy) is 1. The van der Waals surface area contributed by atoms with E-state index < -0.39 is 12.0 Å². The fourth-order valence-electron chi connectivity index (χ4n) is 1.80. The molecule has 94 valence electrons. The number of likely N-dealkylation sites (N-methyl/N-ethyl adjacent to an activating group) is 1. The number of carbonyl (C=O) groups is 1. The first-order chi connectivity index (χ1) is 8.08. The highest BCUT2D eigenvalue weighted by molar-refractivity contribution is 5.73. The molecule has 17 heavy (non-hydrogen) atoms. The van der Waals surface area contributed by atoms with Crippen molar-refractivity contribution in [3.8, 4) is 5.75 Å². The number of carboxylic acids is 1. The van der Waals surface area contributed by atoms with E-state index in [0.29, 0.717) is 13.0 Å². The lowest BCUT2D eigenvalue weighted by atomic mass is 10.1. The van der Waals surface area contributed by atoms with E-state index in [0.717, 1.165) is 11.3 Å². The van der Waals surface area contributed by atoms with Crippen LogP contribution in [0, 0.1) is 0 Å². The maximum Gasteiger partial charge on any atom is 0.320 e. The van der Waals surface area contributed by atoms with Crippen molar-refractivity contribution in [2.75, 3.05) is 14.2 Å². The molecule has 0 aliphatic carbocycles. The fraction of sp³-hybridized carbons (Fsp3) is 0.462. The lowest BCUT2D eigenvalue weighted by Gasteiger charge is -2.23. The largest absolute Gasteiger partial charge is 0.497 e. The number of hydrogen-bond donors (Lipinski definition) is 1. The molecule has 4 heteroatoms. The van der Waals surface area contributed by atoms with Crippen LogP contribution in [-0.2, 0) is 11.3 Å². The van der Waals surface area contributed by atoms with Gasteiger partial charge in [-0.1, -0.05) is 19.1 Å². The third-order valence-electron chi connectivity index (χ3n) is 2.79. The second-order valence-corrected chi connectivity index (χ2v) is 4.03. The summed E-state index contributed by atoms with van der Waals surface area (Å²) in [5.41, 5.74) is 1.08. The van der Waals surface area contributed by atoms with Crippen molar-refractivity contribution in [2.24, 2.45) is 0 Å². The molecule has 0 aromatic heterocycles. The molecule has 0 fully saturated rings. The van der Waals surface area contributed by atoms with Gasteiger partial charge < -0.3 is 9.84 Å². The van der Waals surface area contributed by atoms with Crippen molar-refractivity contribution in [3.63, 3.8) is 0 Å². The molecule has 0 radical (unpaired) electrons. The first-order valence-corrected chi connectivity index (χ1v) is 5.64. The Labute approximate surface area is 102 Å². The monoisotopic (exact) mass is 237 g/mol. The first-order valence-electron chi connectivity index (χ1n) is 5.64. The van der Waals surface area contributed by atoms with Gasteiger partial charge in [-0.3, -0.25) is 9.69 Å². The van der Waals surface area contributed by atoms with Crippen LogP contribution in [0.15, 0.2) is 24.3 Å². The highest BCUT2D eigenvalue weighted by atomic mass is 16.5. The van der Waals surface area contributed by atoms with E-state index in [2.05, 4.69) is 0 Å². The number of nitrogens with zero attached hydrogens (tertiary/aromatic N) is 1. The second-order valence-electron chi connectivity index (χ2n) is 4.03. The number of carboxylic acid groups (broad SMARTS) is 1. The summed E-state index contributed by atoms with van der Waals surface area (Å²) in [6.45, 7) is 2.50. The third-order valence-corrected chi connectivity index (χ3v) is 2.79. The van der Waals surface area contributed by atoms with Gasteiger partial charge in [-0.2, -0.15) is 0 Å². The summed E-state index contributed by atoms with van der Waals surface area (Å²) in [6.07, 6.45) is 0.599. The molecule has 0 spiro atoms. The number of rotatable bonds is 6. The Morgan fingerprint density at radius 1 is 1.41 bits per heavy atom. The number of benzene rings is 1. The minimum absolute atomic E-state index is 0.433. The second kappa shape index (κ2) is 6.25. The van der Waals surface area contributed by atoms with Gasteiger partial charge in [0, 0.05) is 6.54 Å². The average Bonchev–Trinajstić information content (AvgIpc) is 2.30. The van der Waals surface area contributed by atoms with Crippen LogP contribution in [0.5, 0.6) is 5.75 Å². The topological polar surface area (TPSA) is 49.8 Å². The summed E-state index contributed by atoms with van der Waals surface area (Å²) in [5, 5.41) is 9.04. The normalized spacial score (nSPS) is 12.5. The van der Waals surface area contributed by atoms with E-state index in [-0.39, 0.29) is 0 Å². The van der Waals surface area contributed by atoms with Crippen molar-refractivity contribution in [3.05, 3.63) is 29.8 Å². The van der Waals surface area contributed by atoms with Gasteiger partial charge in [-0.25, -0.2) is 0 Å². The van der Waals surface area contributed by atoms with Crippen LogP contribution in [0.3, 0.4) is 0 Å². The maximum atomic E-state index is 11.0. The molecule has 0 heterocycles. The average molecular weight is 237 g/mol. The Hall–Kier alpha value is -1.55. The molecule has 1 aromatic carbocycles. The summed E-state index contributed by atoms with van der Waals surface area (Å²) < 4.78 is 5.07. The summed E-state index contributed by atoms with van der Waals surface area (Å²) in [7, 11) is 3.45. The minimum Gasteiger partial charge on any atom is -0.497 e. The van der Waals surface area contributed by atoms with Crippen LogP contribution < -0.4 is 4.74 Å². The van der Waals surface area contributed by atoms with E-state index in [1.165, 1.54) is 0 Å². The molecule has 1 atom stereocenters. The molecule has 0 aliphatic heterocycles.